The van der Waals surface area contributed by atoms with E-state index in [1.165, 1.54) is 44.9 Å². The van der Waals surface area contributed by atoms with Crippen LogP contribution in [0.5, 0.6) is 0 Å². The second kappa shape index (κ2) is 6.19. The highest BCUT2D eigenvalue weighted by molar-refractivity contribution is 4.85. The highest BCUT2D eigenvalue weighted by Gasteiger charge is 2.27. The molecular weight excluding hydrogens is 210 g/mol. The molecule has 2 heteroatoms. The van der Waals surface area contributed by atoms with Crippen LogP contribution in [-0.2, 0) is 0 Å². The Morgan fingerprint density at radius 1 is 0.882 bits per heavy atom. The predicted molar refractivity (Wildman–Crippen MR) is 71.9 cm³/mol. The monoisotopic (exact) mass is 239 g/mol. The third-order valence-corrected chi connectivity index (χ3v) is 5.17. The summed E-state index contributed by atoms with van der Waals surface area (Å²) in [7, 11) is 0. The minimum Gasteiger partial charge on any atom is -0.396 e. The lowest BCUT2D eigenvalue weighted by Gasteiger charge is -2.37. The molecule has 2 rings (SSSR count). The van der Waals surface area contributed by atoms with Gasteiger partial charge in [0, 0.05) is 18.7 Å². The van der Waals surface area contributed by atoms with Crippen LogP contribution in [0.4, 0.5) is 0 Å². The van der Waals surface area contributed by atoms with Gasteiger partial charge >= 0.3 is 0 Å². The number of nitrogens with one attached hydrogen (secondary N) is 1. The van der Waals surface area contributed by atoms with E-state index in [-0.39, 0.29) is 0 Å². The molecule has 17 heavy (non-hydrogen) atoms. The van der Waals surface area contributed by atoms with Crippen LogP contribution in [-0.4, -0.2) is 23.8 Å². The van der Waals surface area contributed by atoms with Crippen molar-refractivity contribution in [2.24, 2.45) is 17.8 Å². The topological polar surface area (TPSA) is 32.3 Å². The standard InChI is InChI=1S/C15H29NO/c1-11-3-6-15(9-12(11)2)16-14-7-4-13(10-17)5-8-14/h11-17H,3-10H2,1-2H3. The van der Waals surface area contributed by atoms with Crippen molar-refractivity contribution in [2.45, 2.75) is 70.9 Å². The van der Waals surface area contributed by atoms with Gasteiger partial charge in [0.15, 0.2) is 0 Å². The SMILES string of the molecule is CC1CCC(NC2CCC(CO)CC2)CC1C. The first-order chi connectivity index (χ1) is 8.19. The fourth-order valence-corrected chi connectivity index (χ4v) is 3.54. The summed E-state index contributed by atoms with van der Waals surface area (Å²) in [5.74, 6) is 2.38. The lowest BCUT2D eigenvalue weighted by Crippen LogP contribution is -2.44. The minimum atomic E-state index is 0.394. The zero-order valence-electron chi connectivity index (χ0n) is 11.5. The van der Waals surface area contributed by atoms with E-state index in [1.807, 2.05) is 0 Å². The third kappa shape index (κ3) is 3.69. The summed E-state index contributed by atoms with van der Waals surface area (Å²) in [6.45, 7) is 5.19. The summed E-state index contributed by atoms with van der Waals surface area (Å²) in [6, 6.07) is 1.49. The Labute approximate surface area is 106 Å². The Bertz CT molecular complexity index is 223. The van der Waals surface area contributed by atoms with Gasteiger partial charge in [-0.15, -0.1) is 0 Å². The second-order valence-electron chi connectivity index (χ2n) is 6.53. The number of aliphatic hydroxyl groups excluding tert-OH is 1. The average molecular weight is 239 g/mol. The van der Waals surface area contributed by atoms with Crippen molar-refractivity contribution in [3.05, 3.63) is 0 Å². The number of hydrogen-bond acceptors (Lipinski definition) is 2. The van der Waals surface area contributed by atoms with Gasteiger partial charge in [0.25, 0.3) is 0 Å². The Kier molecular flexibility index (Phi) is 4.87. The van der Waals surface area contributed by atoms with Crippen LogP contribution in [0, 0.1) is 17.8 Å². The van der Waals surface area contributed by atoms with Crippen molar-refractivity contribution in [3.8, 4) is 0 Å². The van der Waals surface area contributed by atoms with Crippen LogP contribution in [0.15, 0.2) is 0 Å². The highest BCUT2D eigenvalue weighted by atomic mass is 16.3. The van der Waals surface area contributed by atoms with Gasteiger partial charge in [-0.1, -0.05) is 13.8 Å². The third-order valence-electron chi connectivity index (χ3n) is 5.17. The van der Waals surface area contributed by atoms with Gasteiger partial charge in [-0.05, 0) is 62.7 Å². The molecule has 3 atom stereocenters. The van der Waals surface area contributed by atoms with Crippen LogP contribution < -0.4 is 5.32 Å². The quantitative estimate of drug-likeness (QED) is 0.793. The zero-order valence-corrected chi connectivity index (χ0v) is 11.5. The number of aliphatic hydroxyl groups is 1. The molecule has 0 aromatic heterocycles. The predicted octanol–water partition coefficient (Wildman–Crippen LogP) is 2.95. The Hall–Kier alpha value is -0.0800. The van der Waals surface area contributed by atoms with Crippen molar-refractivity contribution >= 4 is 0 Å². The smallest absolute Gasteiger partial charge is 0.0459 e. The van der Waals surface area contributed by atoms with E-state index in [0.29, 0.717) is 12.5 Å². The normalized spacial score (nSPS) is 43.6. The van der Waals surface area contributed by atoms with E-state index in [0.717, 1.165) is 23.9 Å². The van der Waals surface area contributed by atoms with Crippen molar-refractivity contribution in [2.75, 3.05) is 6.61 Å². The zero-order chi connectivity index (χ0) is 12.3. The van der Waals surface area contributed by atoms with Crippen LogP contribution in [0.2, 0.25) is 0 Å². The molecule has 2 saturated carbocycles. The molecule has 2 fully saturated rings. The minimum absolute atomic E-state index is 0.394. The van der Waals surface area contributed by atoms with E-state index in [9.17, 15) is 0 Å². The lowest BCUT2D eigenvalue weighted by molar-refractivity contribution is 0.158. The van der Waals surface area contributed by atoms with Gasteiger partial charge in [0.05, 0.1) is 0 Å². The summed E-state index contributed by atoms with van der Waals surface area (Å²) in [4.78, 5) is 0. The lowest BCUT2D eigenvalue weighted by atomic mass is 9.78. The largest absolute Gasteiger partial charge is 0.396 e. The molecule has 3 unspecified atom stereocenters. The number of hydrogen-bond donors (Lipinski definition) is 2. The van der Waals surface area contributed by atoms with Crippen LogP contribution in [0.1, 0.15) is 58.8 Å². The first kappa shape index (κ1) is 13.4. The van der Waals surface area contributed by atoms with E-state index >= 15 is 0 Å². The van der Waals surface area contributed by atoms with Gasteiger partial charge in [0.2, 0.25) is 0 Å². The second-order valence-corrected chi connectivity index (χ2v) is 6.53. The molecule has 0 saturated heterocycles. The summed E-state index contributed by atoms with van der Waals surface area (Å²) >= 11 is 0. The van der Waals surface area contributed by atoms with E-state index in [4.69, 9.17) is 5.11 Å². The molecule has 2 N–H and O–H groups in total. The molecular formula is C15H29NO. The van der Waals surface area contributed by atoms with Crippen molar-refractivity contribution < 1.29 is 5.11 Å². The Balaban J connectivity index is 1.71. The molecule has 0 aliphatic heterocycles. The summed E-state index contributed by atoms with van der Waals surface area (Å²) in [6.07, 6.45) is 9.09. The molecule has 2 aliphatic rings. The van der Waals surface area contributed by atoms with Crippen LogP contribution in [0.25, 0.3) is 0 Å². The van der Waals surface area contributed by atoms with Crippen molar-refractivity contribution in [1.29, 1.82) is 0 Å². The molecule has 100 valence electrons. The molecule has 0 spiro atoms. The highest BCUT2D eigenvalue weighted by Crippen LogP contribution is 2.31. The van der Waals surface area contributed by atoms with Gasteiger partial charge < -0.3 is 10.4 Å². The summed E-state index contributed by atoms with van der Waals surface area (Å²) in [5, 5.41) is 13.0. The molecule has 2 aliphatic carbocycles. The van der Waals surface area contributed by atoms with E-state index in [2.05, 4.69) is 19.2 Å². The van der Waals surface area contributed by atoms with Gasteiger partial charge in [0.1, 0.15) is 0 Å². The molecule has 0 aromatic carbocycles. The van der Waals surface area contributed by atoms with Gasteiger partial charge in [-0.2, -0.15) is 0 Å². The molecule has 0 heterocycles. The average Bonchev–Trinajstić information content (AvgIpc) is 2.35. The Morgan fingerprint density at radius 2 is 1.53 bits per heavy atom. The molecule has 0 bridgehead atoms. The van der Waals surface area contributed by atoms with E-state index in [1.54, 1.807) is 0 Å². The van der Waals surface area contributed by atoms with Gasteiger partial charge in [-0.3, -0.25) is 0 Å². The fourth-order valence-electron chi connectivity index (χ4n) is 3.54. The van der Waals surface area contributed by atoms with Gasteiger partial charge in [-0.25, -0.2) is 0 Å². The first-order valence-corrected chi connectivity index (χ1v) is 7.56. The fraction of sp³-hybridized carbons (Fsp3) is 1.00. The first-order valence-electron chi connectivity index (χ1n) is 7.56. The molecule has 0 amide bonds. The number of rotatable bonds is 3. The molecule has 0 radical (unpaired) electrons. The maximum Gasteiger partial charge on any atom is 0.0459 e. The van der Waals surface area contributed by atoms with Crippen molar-refractivity contribution in [1.82, 2.24) is 5.32 Å². The maximum absolute atomic E-state index is 9.14. The Morgan fingerprint density at radius 3 is 2.12 bits per heavy atom. The summed E-state index contributed by atoms with van der Waals surface area (Å²) in [5.41, 5.74) is 0. The maximum atomic E-state index is 9.14. The summed E-state index contributed by atoms with van der Waals surface area (Å²) < 4.78 is 0. The molecule has 2 nitrogen and oxygen atoms in total. The van der Waals surface area contributed by atoms with Crippen LogP contribution >= 0.6 is 0 Å². The molecule has 0 aromatic rings. The van der Waals surface area contributed by atoms with E-state index < -0.39 is 0 Å². The van der Waals surface area contributed by atoms with Crippen molar-refractivity contribution in [3.63, 3.8) is 0 Å². The van der Waals surface area contributed by atoms with Crippen LogP contribution in [0.3, 0.4) is 0 Å².